The average Bonchev–Trinajstić information content (AvgIpc) is 3.66. The van der Waals surface area contributed by atoms with Gasteiger partial charge in [-0.2, -0.15) is 0 Å². The fourth-order valence-electron chi connectivity index (χ4n) is 7.43. The summed E-state index contributed by atoms with van der Waals surface area (Å²) < 4.78 is 2.37. The van der Waals surface area contributed by atoms with Crippen LogP contribution in [0.5, 0.6) is 0 Å². The highest BCUT2D eigenvalue weighted by atomic mass is 15.0. The van der Waals surface area contributed by atoms with E-state index in [4.69, 9.17) is 9.97 Å². The van der Waals surface area contributed by atoms with Crippen molar-refractivity contribution in [2.45, 2.75) is 0 Å². The molecule has 0 radical (unpaired) electrons. The number of nitrogens with zero attached hydrogens (tertiary/aromatic N) is 3. The second-order valence-corrected chi connectivity index (χ2v) is 12.2. The SMILES string of the molecule is c1ccc(-n2c3ccccc3c3c(-c4ccc(-c5ccc(-c6nc7c8c(cccc8n6)-c6ccccc6-7)cc5)cc4)cccc32)cc1. The number of benzene rings is 7. The van der Waals surface area contributed by atoms with Crippen molar-refractivity contribution in [3.8, 4) is 61.7 Å². The van der Waals surface area contributed by atoms with Crippen molar-refractivity contribution in [3.63, 3.8) is 0 Å². The maximum atomic E-state index is 5.09. The molecule has 0 fully saturated rings. The molecule has 1 aliphatic carbocycles. The average molecular weight is 598 g/mol. The van der Waals surface area contributed by atoms with Gasteiger partial charge in [0.2, 0.25) is 0 Å². The number of hydrogen-bond donors (Lipinski definition) is 0. The third-order valence-corrected chi connectivity index (χ3v) is 9.58. The van der Waals surface area contributed by atoms with Crippen molar-refractivity contribution >= 4 is 32.7 Å². The van der Waals surface area contributed by atoms with E-state index in [0.717, 1.165) is 33.5 Å². The second-order valence-electron chi connectivity index (χ2n) is 12.2. The molecule has 47 heavy (non-hydrogen) atoms. The molecule has 10 rings (SSSR count). The molecule has 2 aromatic heterocycles. The summed E-state index contributed by atoms with van der Waals surface area (Å²) in [5, 5.41) is 3.68. The van der Waals surface area contributed by atoms with Crippen LogP contribution < -0.4 is 0 Å². The van der Waals surface area contributed by atoms with E-state index >= 15 is 0 Å². The summed E-state index contributed by atoms with van der Waals surface area (Å²) in [7, 11) is 0. The zero-order valence-corrected chi connectivity index (χ0v) is 25.4. The molecule has 3 heteroatoms. The topological polar surface area (TPSA) is 30.7 Å². The van der Waals surface area contributed by atoms with Crippen molar-refractivity contribution in [1.29, 1.82) is 0 Å². The molecule has 218 valence electrons. The standard InChI is InChI=1S/C44H27N3/c1-2-10-32(11-3-1)47-39-18-7-6-14-37(39)41-33(15-9-19-40(41)47)30-24-20-28(21-25-30)29-22-26-31(27-23-29)44-45-38-17-8-16-35-34-12-4-5-13-36(34)43(46-44)42(35)38/h1-27H. The van der Waals surface area contributed by atoms with E-state index in [1.165, 1.54) is 60.9 Å². The first-order valence-corrected chi connectivity index (χ1v) is 16.0. The van der Waals surface area contributed by atoms with Crippen LogP contribution in [0.15, 0.2) is 164 Å². The smallest absolute Gasteiger partial charge is 0.160 e. The molecular formula is C44H27N3. The van der Waals surface area contributed by atoms with Gasteiger partial charge in [-0.05, 0) is 63.7 Å². The lowest BCUT2D eigenvalue weighted by Gasteiger charge is -2.10. The summed E-state index contributed by atoms with van der Waals surface area (Å²) in [5.41, 5.74) is 15.0. The minimum atomic E-state index is 0.756. The van der Waals surface area contributed by atoms with E-state index < -0.39 is 0 Å². The molecule has 0 saturated heterocycles. The number of aromatic nitrogens is 3. The number of para-hydroxylation sites is 2. The highest BCUT2D eigenvalue weighted by Crippen LogP contribution is 2.46. The molecule has 7 aromatic carbocycles. The van der Waals surface area contributed by atoms with Crippen LogP contribution >= 0.6 is 0 Å². The molecule has 2 heterocycles. The molecule has 0 N–H and O–H groups in total. The van der Waals surface area contributed by atoms with Crippen LogP contribution in [-0.2, 0) is 0 Å². The molecule has 0 spiro atoms. The van der Waals surface area contributed by atoms with Crippen molar-refractivity contribution in [2.75, 3.05) is 0 Å². The van der Waals surface area contributed by atoms with Gasteiger partial charge < -0.3 is 4.57 Å². The highest BCUT2D eigenvalue weighted by molar-refractivity contribution is 6.16. The fourth-order valence-corrected chi connectivity index (χ4v) is 7.43. The molecule has 0 saturated carbocycles. The zero-order valence-electron chi connectivity index (χ0n) is 25.4. The Morgan fingerprint density at radius 1 is 0.362 bits per heavy atom. The van der Waals surface area contributed by atoms with Gasteiger partial charge in [0.25, 0.3) is 0 Å². The Hall–Kier alpha value is -6.32. The number of fused-ring (bicyclic) bond motifs is 6. The van der Waals surface area contributed by atoms with Gasteiger partial charge in [-0.1, -0.05) is 133 Å². The van der Waals surface area contributed by atoms with Gasteiger partial charge in [-0.3, -0.25) is 0 Å². The van der Waals surface area contributed by atoms with Gasteiger partial charge in [0.1, 0.15) is 0 Å². The molecule has 9 aromatic rings. The lowest BCUT2D eigenvalue weighted by atomic mass is 9.96. The van der Waals surface area contributed by atoms with Crippen molar-refractivity contribution in [1.82, 2.24) is 14.5 Å². The molecular weight excluding hydrogens is 571 g/mol. The predicted molar refractivity (Wildman–Crippen MR) is 195 cm³/mol. The first-order valence-electron chi connectivity index (χ1n) is 16.0. The van der Waals surface area contributed by atoms with E-state index in [0.29, 0.717) is 0 Å². The van der Waals surface area contributed by atoms with E-state index in [1.807, 2.05) is 0 Å². The molecule has 0 bridgehead atoms. The summed E-state index contributed by atoms with van der Waals surface area (Å²) in [6, 6.07) is 58.4. The molecule has 0 amide bonds. The van der Waals surface area contributed by atoms with Gasteiger partial charge in [-0.15, -0.1) is 0 Å². The summed E-state index contributed by atoms with van der Waals surface area (Å²) >= 11 is 0. The second kappa shape index (κ2) is 10.1. The van der Waals surface area contributed by atoms with Crippen LogP contribution in [0.25, 0.3) is 94.4 Å². The molecule has 0 atom stereocenters. The van der Waals surface area contributed by atoms with Crippen LogP contribution in [0, 0.1) is 0 Å². The molecule has 1 aliphatic rings. The van der Waals surface area contributed by atoms with Gasteiger partial charge in [0, 0.05) is 33.0 Å². The van der Waals surface area contributed by atoms with Gasteiger partial charge >= 0.3 is 0 Å². The maximum Gasteiger partial charge on any atom is 0.160 e. The van der Waals surface area contributed by atoms with Gasteiger partial charge in [-0.25, -0.2) is 9.97 Å². The Bertz CT molecular complexity index is 2650. The van der Waals surface area contributed by atoms with Crippen LogP contribution in [0.1, 0.15) is 0 Å². The zero-order chi connectivity index (χ0) is 30.9. The fraction of sp³-hybridized carbons (Fsp3) is 0. The third kappa shape index (κ3) is 3.93. The quantitative estimate of drug-likeness (QED) is 0.202. The summed E-state index contributed by atoms with van der Waals surface area (Å²) in [4.78, 5) is 10.1. The van der Waals surface area contributed by atoms with Crippen molar-refractivity contribution < 1.29 is 0 Å². The summed E-state index contributed by atoms with van der Waals surface area (Å²) in [5.74, 6) is 0.756. The van der Waals surface area contributed by atoms with E-state index in [9.17, 15) is 0 Å². The molecule has 0 unspecified atom stereocenters. The number of hydrogen-bond acceptors (Lipinski definition) is 2. The van der Waals surface area contributed by atoms with Crippen LogP contribution in [-0.4, -0.2) is 14.5 Å². The first kappa shape index (κ1) is 26.0. The van der Waals surface area contributed by atoms with Crippen LogP contribution in [0.3, 0.4) is 0 Å². The van der Waals surface area contributed by atoms with E-state index in [1.54, 1.807) is 0 Å². The maximum absolute atomic E-state index is 5.09. The number of rotatable bonds is 4. The predicted octanol–water partition coefficient (Wildman–Crippen LogP) is 11.4. The van der Waals surface area contributed by atoms with Crippen molar-refractivity contribution in [2.24, 2.45) is 0 Å². The Morgan fingerprint density at radius 2 is 0.957 bits per heavy atom. The Balaban J connectivity index is 1.01. The minimum Gasteiger partial charge on any atom is -0.309 e. The van der Waals surface area contributed by atoms with Crippen LogP contribution in [0.2, 0.25) is 0 Å². The largest absolute Gasteiger partial charge is 0.309 e. The Labute approximate surface area is 272 Å². The lowest BCUT2D eigenvalue weighted by molar-refractivity contribution is 1.18. The highest BCUT2D eigenvalue weighted by Gasteiger charge is 2.24. The van der Waals surface area contributed by atoms with Gasteiger partial charge in [0.05, 0.1) is 22.2 Å². The van der Waals surface area contributed by atoms with Gasteiger partial charge in [0.15, 0.2) is 5.82 Å². The molecule has 3 nitrogen and oxygen atoms in total. The summed E-state index contributed by atoms with van der Waals surface area (Å²) in [6.45, 7) is 0. The first-order chi connectivity index (χ1) is 23.3. The summed E-state index contributed by atoms with van der Waals surface area (Å²) in [6.07, 6.45) is 0. The molecule has 0 aliphatic heterocycles. The van der Waals surface area contributed by atoms with E-state index in [-0.39, 0.29) is 0 Å². The van der Waals surface area contributed by atoms with E-state index in [2.05, 4.69) is 168 Å². The lowest BCUT2D eigenvalue weighted by Crippen LogP contribution is -1.93. The Kier molecular flexibility index (Phi) is 5.57. The van der Waals surface area contributed by atoms with Crippen molar-refractivity contribution in [3.05, 3.63) is 164 Å². The normalized spacial score (nSPS) is 11.8. The Morgan fingerprint density at radius 3 is 1.77 bits per heavy atom. The van der Waals surface area contributed by atoms with Crippen LogP contribution in [0.4, 0.5) is 0 Å². The third-order valence-electron chi connectivity index (χ3n) is 9.58. The minimum absolute atomic E-state index is 0.756. The monoisotopic (exact) mass is 597 g/mol.